The number of nitrogens with one attached hydrogen (secondary N) is 1. The largest absolute Gasteiger partial charge is 0.335 e. The molecular weight excluding hydrogens is 364 g/mol. The maximum atomic E-state index is 12.8. The van der Waals surface area contributed by atoms with Gasteiger partial charge in [0.1, 0.15) is 0 Å². The molecule has 0 aromatic carbocycles. The van der Waals surface area contributed by atoms with E-state index >= 15 is 0 Å². The fraction of sp³-hybridized carbons (Fsp3) is 0.579. The highest BCUT2D eigenvalue weighted by atomic mass is 32.2. The highest BCUT2D eigenvalue weighted by Gasteiger charge is 2.27. The molecule has 1 fully saturated rings. The molecule has 1 N–H and O–H groups in total. The zero-order valence-corrected chi connectivity index (χ0v) is 17.5. The molecule has 1 aliphatic rings. The number of aromatic nitrogens is 2. The number of likely N-dealkylation sites (tertiary alicyclic amines) is 1. The van der Waals surface area contributed by atoms with Crippen LogP contribution in [-0.2, 0) is 6.54 Å². The second kappa shape index (κ2) is 9.06. The molecule has 0 bridgehead atoms. The van der Waals surface area contributed by atoms with Gasteiger partial charge in [-0.2, -0.15) is 16.9 Å². The van der Waals surface area contributed by atoms with E-state index in [0.29, 0.717) is 12.6 Å². The van der Waals surface area contributed by atoms with Crippen LogP contribution in [0.2, 0.25) is 0 Å². The quantitative estimate of drug-likeness (QED) is 0.691. The highest BCUT2D eigenvalue weighted by molar-refractivity contribution is 7.98. The van der Waals surface area contributed by atoms with Crippen molar-refractivity contribution in [2.45, 2.75) is 38.8 Å². The van der Waals surface area contributed by atoms with E-state index in [1.807, 2.05) is 37.9 Å². The standard InChI is InChI=1S/C19H28N4OS2/c1-14-12-15(21-20-14)13-22(2)19(24)18-8-7-17(26-18)16-6-4-9-23(16)10-5-11-25-3/h7-8,12,16H,4-6,9-11,13H2,1-3H3,(H,20,21). The molecule has 1 unspecified atom stereocenters. The van der Waals surface area contributed by atoms with Crippen molar-refractivity contribution in [1.29, 1.82) is 0 Å². The lowest BCUT2D eigenvalue weighted by molar-refractivity contribution is 0.0788. The molecule has 5 nitrogen and oxygen atoms in total. The predicted molar refractivity (Wildman–Crippen MR) is 110 cm³/mol. The molecule has 0 radical (unpaired) electrons. The van der Waals surface area contributed by atoms with Gasteiger partial charge in [0, 0.05) is 23.7 Å². The first-order valence-corrected chi connectivity index (χ1v) is 11.4. The summed E-state index contributed by atoms with van der Waals surface area (Å²) in [7, 11) is 1.84. The van der Waals surface area contributed by atoms with Crippen molar-refractivity contribution in [2.24, 2.45) is 0 Å². The number of carbonyl (C=O) groups excluding carboxylic acids is 1. The Kier molecular flexibility index (Phi) is 6.78. The van der Waals surface area contributed by atoms with E-state index in [-0.39, 0.29) is 5.91 Å². The molecule has 1 aliphatic heterocycles. The zero-order chi connectivity index (χ0) is 18.5. The molecule has 1 atom stereocenters. The lowest BCUT2D eigenvalue weighted by Crippen LogP contribution is -2.25. The molecule has 1 saturated heterocycles. The summed E-state index contributed by atoms with van der Waals surface area (Å²) in [5, 5.41) is 7.15. The Labute approximate surface area is 164 Å². The van der Waals surface area contributed by atoms with Crippen LogP contribution in [0.1, 0.15) is 51.2 Å². The van der Waals surface area contributed by atoms with Crippen molar-refractivity contribution in [3.05, 3.63) is 39.3 Å². The number of aromatic amines is 1. The molecule has 1 amide bonds. The molecule has 0 aliphatic carbocycles. The van der Waals surface area contributed by atoms with Gasteiger partial charge in [-0.05, 0) is 69.5 Å². The summed E-state index contributed by atoms with van der Waals surface area (Å²) in [4.78, 5) is 19.3. The molecule has 3 rings (SSSR count). The Hall–Kier alpha value is -1.31. The van der Waals surface area contributed by atoms with E-state index in [4.69, 9.17) is 0 Å². The molecule has 0 saturated carbocycles. The second-order valence-corrected chi connectivity index (χ2v) is 9.05. The predicted octanol–water partition coefficient (Wildman–Crippen LogP) is 3.94. The van der Waals surface area contributed by atoms with Crippen LogP contribution < -0.4 is 0 Å². The molecule has 2 aromatic heterocycles. The Morgan fingerprint density at radius 3 is 3.08 bits per heavy atom. The van der Waals surface area contributed by atoms with Crippen molar-refractivity contribution >= 4 is 29.0 Å². The number of H-pyrrole nitrogens is 1. The van der Waals surface area contributed by atoms with Crippen LogP contribution in [0.5, 0.6) is 0 Å². The number of rotatable bonds is 8. The van der Waals surface area contributed by atoms with Gasteiger partial charge in [0.25, 0.3) is 5.91 Å². The third-order valence-corrected chi connectivity index (χ3v) is 6.70. The summed E-state index contributed by atoms with van der Waals surface area (Å²) in [5.74, 6) is 1.29. The van der Waals surface area contributed by atoms with E-state index < -0.39 is 0 Å². The normalized spacial score (nSPS) is 17.7. The summed E-state index contributed by atoms with van der Waals surface area (Å²) in [6.45, 7) is 4.83. The van der Waals surface area contributed by atoms with Gasteiger partial charge in [-0.3, -0.25) is 14.8 Å². The maximum Gasteiger partial charge on any atom is 0.264 e. The number of thiophene rings is 1. The summed E-state index contributed by atoms with van der Waals surface area (Å²) in [5.41, 5.74) is 1.91. The molecule has 26 heavy (non-hydrogen) atoms. The SMILES string of the molecule is CSCCCN1CCCC1c1ccc(C(=O)N(C)Cc2cc(C)[nH]n2)s1. The van der Waals surface area contributed by atoms with Crippen molar-refractivity contribution in [3.8, 4) is 0 Å². The number of aryl methyl sites for hydroxylation is 1. The molecule has 2 aromatic rings. The Bertz CT molecular complexity index is 727. The van der Waals surface area contributed by atoms with Crippen LogP contribution >= 0.6 is 23.1 Å². The van der Waals surface area contributed by atoms with Gasteiger partial charge in [0.05, 0.1) is 17.1 Å². The first kappa shape index (κ1) is 19.5. The van der Waals surface area contributed by atoms with Gasteiger partial charge >= 0.3 is 0 Å². The van der Waals surface area contributed by atoms with Gasteiger partial charge in [0.2, 0.25) is 0 Å². The third kappa shape index (κ3) is 4.69. The first-order chi connectivity index (χ1) is 12.6. The Morgan fingerprint density at radius 1 is 1.50 bits per heavy atom. The number of carbonyl (C=O) groups is 1. The molecule has 142 valence electrons. The maximum absolute atomic E-state index is 12.8. The smallest absolute Gasteiger partial charge is 0.264 e. The lowest BCUT2D eigenvalue weighted by atomic mass is 10.2. The Morgan fingerprint density at radius 2 is 2.35 bits per heavy atom. The van der Waals surface area contributed by atoms with E-state index in [0.717, 1.165) is 22.8 Å². The van der Waals surface area contributed by atoms with Crippen LogP contribution in [0.15, 0.2) is 18.2 Å². The van der Waals surface area contributed by atoms with Gasteiger partial charge in [-0.15, -0.1) is 11.3 Å². The number of nitrogens with zero attached hydrogens (tertiary/aromatic N) is 3. The van der Waals surface area contributed by atoms with Crippen LogP contribution in [0.4, 0.5) is 0 Å². The second-order valence-electron chi connectivity index (χ2n) is 6.95. The molecular formula is C19H28N4OS2. The van der Waals surface area contributed by atoms with E-state index in [1.165, 1.54) is 36.4 Å². The summed E-state index contributed by atoms with van der Waals surface area (Å²) in [6.07, 6.45) is 5.86. The minimum absolute atomic E-state index is 0.0776. The first-order valence-electron chi connectivity index (χ1n) is 9.17. The third-order valence-electron chi connectivity index (χ3n) is 4.83. The van der Waals surface area contributed by atoms with Gasteiger partial charge in [-0.1, -0.05) is 0 Å². The molecule has 3 heterocycles. The van der Waals surface area contributed by atoms with E-state index in [9.17, 15) is 4.79 Å². The Balaban J connectivity index is 1.62. The van der Waals surface area contributed by atoms with Crippen molar-refractivity contribution in [2.75, 3.05) is 32.1 Å². The number of thioether (sulfide) groups is 1. The van der Waals surface area contributed by atoms with Crippen LogP contribution in [0.25, 0.3) is 0 Å². The van der Waals surface area contributed by atoms with Crippen molar-refractivity contribution < 1.29 is 4.79 Å². The van der Waals surface area contributed by atoms with Crippen LogP contribution in [0, 0.1) is 6.92 Å². The number of hydrogen-bond acceptors (Lipinski definition) is 5. The van der Waals surface area contributed by atoms with Crippen molar-refractivity contribution in [1.82, 2.24) is 20.0 Å². The molecule has 7 heteroatoms. The van der Waals surface area contributed by atoms with E-state index in [2.05, 4.69) is 27.4 Å². The topological polar surface area (TPSA) is 52.2 Å². The summed E-state index contributed by atoms with van der Waals surface area (Å²) >= 11 is 3.57. The fourth-order valence-corrected chi connectivity index (χ4v) is 5.12. The van der Waals surface area contributed by atoms with Gasteiger partial charge < -0.3 is 4.90 Å². The van der Waals surface area contributed by atoms with Gasteiger partial charge in [-0.25, -0.2) is 0 Å². The molecule has 0 spiro atoms. The van der Waals surface area contributed by atoms with Crippen LogP contribution in [-0.4, -0.2) is 58.1 Å². The minimum Gasteiger partial charge on any atom is -0.335 e. The average Bonchev–Trinajstić information content (AvgIpc) is 3.35. The number of hydrogen-bond donors (Lipinski definition) is 1. The van der Waals surface area contributed by atoms with Gasteiger partial charge in [0.15, 0.2) is 0 Å². The average molecular weight is 393 g/mol. The van der Waals surface area contributed by atoms with E-state index in [1.54, 1.807) is 16.2 Å². The van der Waals surface area contributed by atoms with Crippen molar-refractivity contribution in [3.63, 3.8) is 0 Å². The zero-order valence-electron chi connectivity index (χ0n) is 15.8. The fourth-order valence-electron chi connectivity index (χ4n) is 3.53. The van der Waals surface area contributed by atoms with Crippen LogP contribution in [0.3, 0.4) is 0 Å². The summed E-state index contributed by atoms with van der Waals surface area (Å²) < 4.78 is 0. The minimum atomic E-state index is 0.0776. The lowest BCUT2D eigenvalue weighted by Gasteiger charge is -2.23. The monoisotopic (exact) mass is 392 g/mol. The summed E-state index contributed by atoms with van der Waals surface area (Å²) in [6, 6.07) is 6.62. The highest BCUT2D eigenvalue weighted by Crippen LogP contribution is 2.36. The number of amides is 1.